The minimum absolute atomic E-state index is 0.228. The number of fused-ring (bicyclic) bond motifs is 5. The predicted molar refractivity (Wildman–Crippen MR) is 142 cm³/mol. The fourth-order valence-electron chi connectivity index (χ4n) is 6.29. The summed E-state index contributed by atoms with van der Waals surface area (Å²) in [4.78, 5) is 6.50. The lowest BCUT2D eigenvalue weighted by Gasteiger charge is -2.35. The second kappa shape index (κ2) is 7.92. The molecule has 0 amide bonds. The highest BCUT2D eigenvalue weighted by molar-refractivity contribution is 5.92. The van der Waals surface area contributed by atoms with Crippen molar-refractivity contribution < 1.29 is 0 Å². The normalized spacial score (nSPS) is 25.1. The molecule has 3 unspecified atom stereocenters. The van der Waals surface area contributed by atoms with E-state index in [1.165, 1.54) is 44.7 Å². The third kappa shape index (κ3) is 2.95. The van der Waals surface area contributed by atoms with Crippen LogP contribution < -0.4 is 0 Å². The molecule has 0 fully saturated rings. The highest BCUT2D eigenvalue weighted by Crippen LogP contribution is 2.56. The summed E-state index contributed by atoms with van der Waals surface area (Å²) in [6.45, 7) is 0. The van der Waals surface area contributed by atoms with Gasteiger partial charge >= 0.3 is 0 Å². The zero-order valence-corrected chi connectivity index (χ0v) is 19.2. The number of para-hydroxylation sites is 1. The molecule has 7 rings (SSSR count). The van der Waals surface area contributed by atoms with Crippen LogP contribution in [0, 0.1) is 11.8 Å². The largest absolute Gasteiger partial charge is 0.356 e. The molecule has 0 saturated carbocycles. The highest BCUT2D eigenvalue weighted by Gasteiger charge is 2.46. The van der Waals surface area contributed by atoms with Crippen LogP contribution in [0.25, 0.3) is 22.7 Å². The smallest absolute Gasteiger partial charge is 0.0848 e. The first-order valence-corrected chi connectivity index (χ1v) is 12.5. The molecule has 3 aromatic rings. The van der Waals surface area contributed by atoms with Crippen molar-refractivity contribution in [2.24, 2.45) is 11.8 Å². The minimum atomic E-state index is 0.228. The molecule has 2 aromatic carbocycles. The minimum Gasteiger partial charge on any atom is -0.356 e. The van der Waals surface area contributed by atoms with Crippen LogP contribution in [0.5, 0.6) is 0 Å². The fraction of sp³-hybridized carbons (Fsp3) is 0.188. The van der Waals surface area contributed by atoms with Crippen molar-refractivity contribution in [3.63, 3.8) is 0 Å². The van der Waals surface area contributed by atoms with Crippen molar-refractivity contribution in [1.82, 2.24) is 9.88 Å². The Balaban J connectivity index is 1.50. The van der Waals surface area contributed by atoms with E-state index in [1.54, 1.807) is 0 Å². The molecule has 4 aliphatic rings. The summed E-state index contributed by atoms with van der Waals surface area (Å²) in [5.41, 5.74) is 9.46. The molecule has 166 valence electrons. The molecule has 1 aliphatic heterocycles. The Morgan fingerprint density at radius 1 is 0.824 bits per heavy atom. The molecule has 0 saturated heterocycles. The third-order valence-corrected chi connectivity index (χ3v) is 7.72. The van der Waals surface area contributed by atoms with Gasteiger partial charge in [-0.3, -0.25) is 0 Å². The number of allylic oxidation sites excluding steroid dienone is 7. The van der Waals surface area contributed by atoms with Crippen LogP contribution >= 0.6 is 0 Å². The van der Waals surface area contributed by atoms with E-state index in [4.69, 9.17) is 0 Å². The van der Waals surface area contributed by atoms with Crippen molar-refractivity contribution in [3.05, 3.63) is 131 Å². The molecule has 2 nitrogen and oxygen atoms in total. The van der Waals surface area contributed by atoms with Crippen molar-refractivity contribution >= 4 is 22.7 Å². The fourth-order valence-corrected chi connectivity index (χ4v) is 6.29. The molecule has 1 N–H and O–H groups in total. The van der Waals surface area contributed by atoms with Gasteiger partial charge in [-0.05, 0) is 42.5 Å². The zero-order chi connectivity index (χ0) is 22.5. The molecule has 0 radical (unpaired) electrons. The maximum absolute atomic E-state index is 3.85. The van der Waals surface area contributed by atoms with Gasteiger partial charge in [-0.25, -0.2) is 0 Å². The summed E-state index contributed by atoms with van der Waals surface area (Å²) in [6.07, 6.45) is 24.3. The maximum Gasteiger partial charge on any atom is 0.0848 e. The quantitative estimate of drug-likeness (QED) is 0.438. The Bertz CT molecular complexity index is 1440. The lowest BCUT2D eigenvalue weighted by Crippen LogP contribution is -2.27. The van der Waals surface area contributed by atoms with E-state index in [2.05, 4.69) is 119 Å². The first-order valence-electron chi connectivity index (χ1n) is 12.5. The number of aromatic amines is 1. The van der Waals surface area contributed by atoms with E-state index in [0.29, 0.717) is 11.8 Å². The van der Waals surface area contributed by atoms with E-state index in [9.17, 15) is 0 Å². The van der Waals surface area contributed by atoms with Gasteiger partial charge in [0.15, 0.2) is 0 Å². The second-order valence-electron chi connectivity index (χ2n) is 9.63. The maximum atomic E-state index is 3.85. The van der Waals surface area contributed by atoms with Crippen LogP contribution in [0.2, 0.25) is 0 Å². The molecular weight excluding hydrogens is 412 g/mol. The van der Waals surface area contributed by atoms with Crippen molar-refractivity contribution in [2.75, 3.05) is 0 Å². The van der Waals surface area contributed by atoms with Crippen LogP contribution in [-0.2, 0) is 0 Å². The number of nitrogens with zero attached hydrogens (tertiary/aromatic N) is 1. The van der Waals surface area contributed by atoms with E-state index in [0.717, 1.165) is 19.3 Å². The van der Waals surface area contributed by atoms with E-state index < -0.39 is 0 Å². The number of hydrogen-bond acceptors (Lipinski definition) is 1. The van der Waals surface area contributed by atoms with Gasteiger partial charge in [-0.15, -0.1) is 0 Å². The SMILES string of the molecule is C1=CCC(C2=C(c3ccccc3)N(C3=CCCC=C3)C3c4[nH]c5ccccc5c4C=CC23)C=C1. The summed E-state index contributed by atoms with van der Waals surface area (Å²) >= 11 is 0. The Labute approximate surface area is 201 Å². The second-order valence-corrected chi connectivity index (χ2v) is 9.63. The molecule has 3 atom stereocenters. The lowest BCUT2D eigenvalue weighted by atomic mass is 9.78. The monoisotopic (exact) mass is 440 g/mol. The Morgan fingerprint density at radius 3 is 2.53 bits per heavy atom. The van der Waals surface area contributed by atoms with Crippen LogP contribution in [0.1, 0.15) is 42.1 Å². The van der Waals surface area contributed by atoms with Crippen molar-refractivity contribution in [3.8, 4) is 0 Å². The molecule has 1 aromatic heterocycles. The first-order chi connectivity index (χ1) is 16.9. The Kier molecular flexibility index (Phi) is 4.58. The summed E-state index contributed by atoms with van der Waals surface area (Å²) in [6, 6.07) is 20.0. The lowest BCUT2D eigenvalue weighted by molar-refractivity contribution is 0.344. The number of rotatable bonds is 3. The first kappa shape index (κ1) is 19.7. The molecule has 0 spiro atoms. The zero-order valence-electron chi connectivity index (χ0n) is 19.2. The summed E-state index contributed by atoms with van der Waals surface area (Å²) < 4.78 is 0. The number of nitrogens with one attached hydrogen (secondary N) is 1. The Morgan fingerprint density at radius 2 is 1.71 bits per heavy atom. The highest BCUT2D eigenvalue weighted by atomic mass is 15.2. The average molecular weight is 441 g/mol. The standard InChI is InChI=1S/C32H28N2/c1-4-12-22(13-5-1)29-27-21-20-26-25-18-10-11-19-28(25)33-30(26)32(27)34(24-16-8-3-9-17-24)31(29)23-14-6-2-7-15-23/h1-2,4-8,10-12,14-22,27,32-33H,3,9,13H2. The number of aromatic nitrogens is 1. The van der Waals surface area contributed by atoms with E-state index in [-0.39, 0.29) is 6.04 Å². The van der Waals surface area contributed by atoms with E-state index >= 15 is 0 Å². The molecule has 2 heterocycles. The number of H-pyrrole nitrogens is 1. The van der Waals surface area contributed by atoms with E-state index in [1.807, 2.05) is 0 Å². The number of benzene rings is 2. The van der Waals surface area contributed by atoms with Gasteiger partial charge < -0.3 is 9.88 Å². The van der Waals surface area contributed by atoms with Crippen LogP contribution in [0.15, 0.2) is 114 Å². The topological polar surface area (TPSA) is 19.0 Å². The summed E-state index contributed by atoms with van der Waals surface area (Å²) in [5.74, 6) is 0.731. The average Bonchev–Trinajstić information content (AvgIpc) is 3.46. The van der Waals surface area contributed by atoms with Crippen molar-refractivity contribution in [1.29, 1.82) is 0 Å². The van der Waals surface area contributed by atoms with Crippen LogP contribution in [0.4, 0.5) is 0 Å². The molecule has 3 aliphatic carbocycles. The Hall–Kier alpha value is -3.78. The number of hydrogen-bond donors (Lipinski definition) is 1. The van der Waals surface area contributed by atoms with Gasteiger partial charge in [-0.2, -0.15) is 0 Å². The van der Waals surface area contributed by atoms with Crippen LogP contribution in [-0.4, -0.2) is 9.88 Å². The summed E-state index contributed by atoms with van der Waals surface area (Å²) in [5, 5.41) is 1.32. The van der Waals surface area contributed by atoms with Gasteiger partial charge in [-0.1, -0.05) is 97.1 Å². The van der Waals surface area contributed by atoms with Gasteiger partial charge in [0.05, 0.1) is 6.04 Å². The molecule has 2 heteroatoms. The van der Waals surface area contributed by atoms with Gasteiger partial charge in [0.25, 0.3) is 0 Å². The molecule has 34 heavy (non-hydrogen) atoms. The van der Waals surface area contributed by atoms with Crippen molar-refractivity contribution in [2.45, 2.75) is 25.3 Å². The molecule has 0 bridgehead atoms. The third-order valence-electron chi connectivity index (χ3n) is 7.72. The van der Waals surface area contributed by atoms with Crippen LogP contribution in [0.3, 0.4) is 0 Å². The summed E-state index contributed by atoms with van der Waals surface area (Å²) in [7, 11) is 0. The molecular formula is C32H28N2. The van der Waals surface area contributed by atoms with Gasteiger partial charge in [0.2, 0.25) is 0 Å². The van der Waals surface area contributed by atoms with Gasteiger partial charge in [0.1, 0.15) is 0 Å². The predicted octanol–water partition coefficient (Wildman–Crippen LogP) is 7.95. The van der Waals surface area contributed by atoms with Gasteiger partial charge in [0, 0.05) is 45.4 Å².